The quantitative estimate of drug-likeness (QED) is 0.551. The average Bonchev–Trinajstić information content (AvgIpc) is 2.89. The van der Waals surface area contributed by atoms with Crippen LogP contribution in [0.15, 0.2) is 12.2 Å². The van der Waals surface area contributed by atoms with Crippen molar-refractivity contribution >= 4 is 11.9 Å². The molecule has 0 radical (unpaired) electrons. The zero-order valence-corrected chi connectivity index (χ0v) is 10.2. The number of fused-ring (bicyclic) bond motifs is 2. The third kappa shape index (κ3) is 2.08. The van der Waals surface area contributed by atoms with Crippen LogP contribution in [-0.2, 0) is 19.1 Å². The van der Waals surface area contributed by atoms with Gasteiger partial charge in [0.05, 0.1) is 25.0 Å². The highest BCUT2D eigenvalue weighted by atomic mass is 16.5. The van der Waals surface area contributed by atoms with E-state index in [9.17, 15) is 9.59 Å². The lowest BCUT2D eigenvalue weighted by Crippen LogP contribution is -2.35. The van der Waals surface area contributed by atoms with E-state index < -0.39 is 0 Å². The van der Waals surface area contributed by atoms with Gasteiger partial charge in [-0.2, -0.15) is 0 Å². The van der Waals surface area contributed by atoms with Crippen molar-refractivity contribution in [3.63, 3.8) is 0 Å². The lowest BCUT2D eigenvalue weighted by Gasteiger charge is -2.24. The Labute approximate surface area is 101 Å². The molecule has 0 N–H and O–H groups in total. The number of ether oxygens (including phenoxy) is 2. The fourth-order valence-electron chi connectivity index (χ4n) is 2.94. The second-order valence-electron chi connectivity index (χ2n) is 4.50. The summed E-state index contributed by atoms with van der Waals surface area (Å²) in [4.78, 5) is 23.8. The van der Waals surface area contributed by atoms with Gasteiger partial charge >= 0.3 is 11.9 Å². The van der Waals surface area contributed by atoms with E-state index in [2.05, 4.69) is 0 Å². The molecular weight excluding hydrogens is 220 g/mol. The molecule has 94 valence electrons. The van der Waals surface area contributed by atoms with Crippen molar-refractivity contribution in [2.75, 3.05) is 13.2 Å². The van der Waals surface area contributed by atoms with Gasteiger partial charge in [-0.05, 0) is 32.1 Å². The van der Waals surface area contributed by atoms with Crippen molar-refractivity contribution in [1.82, 2.24) is 0 Å². The molecule has 0 unspecified atom stereocenters. The third-order valence-corrected chi connectivity index (χ3v) is 3.58. The highest BCUT2D eigenvalue weighted by Gasteiger charge is 2.52. The van der Waals surface area contributed by atoms with Crippen LogP contribution in [0.5, 0.6) is 0 Å². The van der Waals surface area contributed by atoms with E-state index >= 15 is 0 Å². The molecule has 1 fully saturated rings. The Morgan fingerprint density at radius 1 is 1.00 bits per heavy atom. The molecule has 2 rings (SSSR count). The van der Waals surface area contributed by atoms with E-state index in [0.717, 1.165) is 6.42 Å². The summed E-state index contributed by atoms with van der Waals surface area (Å²) in [6, 6.07) is 0. The molecule has 0 aliphatic heterocycles. The summed E-state index contributed by atoms with van der Waals surface area (Å²) >= 11 is 0. The number of hydrogen-bond acceptors (Lipinski definition) is 4. The Morgan fingerprint density at radius 3 is 1.76 bits per heavy atom. The van der Waals surface area contributed by atoms with Gasteiger partial charge in [0.25, 0.3) is 0 Å². The third-order valence-electron chi connectivity index (χ3n) is 3.58. The summed E-state index contributed by atoms with van der Waals surface area (Å²) in [6.07, 6.45) is 4.93. The SMILES string of the molecule is CCOC(=O)[C@@H]1[C@@H](C(=O)OCC)[C@H]2C=C[C@H]1C2. The Hall–Kier alpha value is -1.32. The summed E-state index contributed by atoms with van der Waals surface area (Å²) in [5.74, 6) is -0.917. The zero-order valence-electron chi connectivity index (χ0n) is 10.2. The molecule has 4 nitrogen and oxygen atoms in total. The van der Waals surface area contributed by atoms with Gasteiger partial charge in [-0.3, -0.25) is 9.59 Å². The van der Waals surface area contributed by atoms with Gasteiger partial charge in [-0.25, -0.2) is 0 Å². The maximum Gasteiger partial charge on any atom is 0.310 e. The van der Waals surface area contributed by atoms with Crippen LogP contribution >= 0.6 is 0 Å². The van der Waals surface area contributed by atoms with Crippen LogP contribution in [0.4, 0.5) is 0 Å². The molecule has 0 aromatic heterocycles. The van der Waals surface area contributed by atoms with E-state index in [0.29, 0.717) is 13.2 Å². The van der Waals surface area contributed by atoms with Crippen LogP contribution in [0.1, 0.15) is 20.3 Å². The van der Waals surface area contributed by atoms with Gasteiger partial charge < -0.3 is 9.47 Å². The number of esters is 2. The number of carbonyl (C=O) groups excluding carboxylic acids is 2. The van der Waals surface area contributed by atoms with E-state index in [1.54, 1.807) is 13.8 Å². The molecule has 0 heterocycles. The highest BCUT2D eigenvalue weighted by molar-refractivity contribution is 5.84. The number of rotatable bonds is 4. The van der Waals surface area contributed by atoms with Gasteiger partial charge in [0.2, 0.25) is 0 Å². The molecule has 17 heavy (non-hydrogen) atoms. The van der Waals surface area contributed by atoms with Gasteiger partial charge in [0, 0.05) is 0 Å². The Morgan fingerprint density at radius 2 is 1.41 bits per heavy atom. The van der Waals surface area contributed by atoms with Crippen molar-refractivity contribution in [3.05, 3.63) is 12.2 Å². The maximum absolute atomic E-state index is 11.9. The molecule has 0 aromatic rings. The molecule has 0 saturated heterocycles. The fraction of sp³-hybridized carbons (Fsp3) is 0.692. The molecule has 0 spiro atoms. The zero-order chi connectivity index (χ0) is 12.4. The normalized spacial score (nSPS) is 33.8. The van der Waals surface area contributed by atoms with Gasteiger partial charge in [0.1, 0.15) is 0 Å². The molecule has 2 aliphatic rings. The smallest absolute Gasteiger partial charge is 0.310 e. The lowest BCUT2D eigenvalue weighted by atomic mass is 9.83. The van der Waals surface area contributed by atoms with E-state index in [4.69, 9.17) is 9.47 Å². The van der Waals surface area contributed by atoms with Crippen LogP contribution in [0, 0.1) is 23.7 Å². The Bertz CT molecular complexity index is 315. The topological polar surface area (TPSA) is 52.6 Å². The van der Waals surface area contributed by atoms with Gasteiger partial charge in [0.15, 0.2) is 0 Å². The molecular formula is C13H18O4. The van der Waals surface area contributed by atoms with E-state index in [1.807, 2.05) is 12.2 Å². The second kappa shape index (κ2) is 4.90. The second-order valence-corrected chi connectivity index (χ2v) is 4.50. The standard InChI is InChI=1S/C13H18O4/c1-3-16-12(14)10-8-5-6-9(7-8)11(10)13(15)17-4-2/h5-6,8-11H,3-4,7H2,1-2H3/t8-,9-,10-,11-/m0/s1. The minimum absolute atomic E-state index is 0.147. The summed E-state index contributed by atoms with van der Waals surface area (Å²) < 4.78 is 10.1. The largest absolute Gasteiger partial charge is 0.466 e. The van der Waals surface area contributed by atoms with Crippen molar-refractivity contribution in [2.24, 2.45) is 23.7 Å². The van der Waals surface area contributed by atoms with Crippen LogP contribution < -0.4 is 0 Å². The Kier molecular flexibility index (Phi) is 3.50. The maximum atomic E-state index is 11.9. The van der Waals surface area contributed by atoms with E-state index in [-0.39, 0.29) is 35.6 Å². The summed E-state index contributed by atoms with van der Waals surface area (Å²) in [6.45, 7) is 4.26. The van der Waals surface area contributed by atoms with Crippen molar-refractivity contribution < 1.29 is 19.1 Å². The lowest BCUT2D eigenvalue weighted by molar-refractivity contribution is -0.160. The molecule has 0 aromatic carbocycles. The number of allylic oxidation sites excluding steroid dienone is 2. The van der Waals surface area contributed by atoms with Crippen molar-refractivity contribution in [3.8, 4) is 0 Å². The van der Waals surface area contributed by atoms with Crippen molar-refractivity contribution in [1.29, 1.82) is 0 Å². The fourth-order valence-corrected chi connectivity index (χ4v) is 2.94. The summed E-state index contributed by atoms with van der Waals surface area (Å²) in [7, 11) is 0. The minimum Gasteiger partial charge on any atom is -0.466 e. The van der Waals surface area contributed by atoms with Crippen molar-refractivity contribution in [2.45, 2.75) is 20.3 Å². The first-order valence-corrected chi connectivity index (χ1v) is 6.20. The molecule has 4 atom stereocenters. The monoisotopic (exact) mass is 238 g/mol. The summed E-state index contributed by atoms with van der Waals surface area (Å²) in [5, 5.41) is 0. The average molecular weight is 238 g/mol. The van der Waals surface area contributed by atoms with Crippen LogP contribution in [0.2, 0.25) is 0 Å². The van der Waals surface area contributed by atoms with Crippen LogP contribution in [-0.4, -0.2) is 25.2 Å². The molecule has 1 saturated carbocycles. The predicted octanol–water partition coefficient (Wildman–Crippen LogP) is 1.55. The van der Waals surface area contributed by atoms with E-state index in [1.165, 1.54) is 0 Å². The Balaban J connectivity index is 2.14. The highest BCUT2D eigenvalue weighted by Crippen LogP contribution is 2.48. The molecule has 2 bridgehead atoms. The molecule has 2 aliphatic carbocycles. The van der Waals surface area contributed by atoms with Gasteiger partial charge in [-0.1, -0.05) is 12.2 Å². The van der Waals surface area contributed by atoms with Crippen LogP contribution in [0.25, 0.3) is 0 Å². The molecule has 0 amide bonds. The first-order valence-electron chi connectivity index (χ1n) is 6.20. The van der Waals surface area contributed by atoms with Gasteiger partial charge in [-0.15, -0.1) is 0 Å². The minimum atomic E-state index is -0.344. The first kappa shape index (κ1) is 12.1. The number of carbonyl (C=O) groups is 2. The van der Waals surface area contributed by atoms with Crippen LogP contribution in [0.3, 0.4) is 0 Å². The first-order chi connectivity index (χ1) is 8.19. The number of hydrogen-bond donors (Lipinski definition) is 0. The predicted molar refractivity (Wildman–Crippen MR) is 61.0 cm³/mol. The molecule has 4 heteroatoms. The summed E-state index contributed by atoms with van der Waals surface area (Å²) in [5.41, 5.74) is 0.